The molecule has 0 radical (unpaired) electrons. The second-order valence-electron chi connectivity index (χ2n) is 6.75. The Kier molecular flexibility index (Phi) is 4.87. The van der Waals surface area contributed by atoms with Crippen LogP contribution >= 0.6 is 0 Å². The lowest BCUT2D eigenvalue weighted by Gasteiger charge is -2.42. The van der Waals surface area contributed by atoms with Crippen molar-refractivity contribution in [2.45, 2.75) is 65.3 Å². The topological polar surface area (TPSA) is 29.5 Å². The Hall–Kier alpha value is -0.860. The molecule has 0 amide bonds. The average molecular weight is 276 g/mol. The third-order valence-electron chi connectivity index (χ3n) is 5.01. The minimum absolute atomic E-state index is 0.163. The molecule has 0 bridgehead atoms. The second kappa shape index (κ2) is 6.28. The van der Waals surface area contributed by atoms with E-state index >= 15 is 0 Å². The molecule has 2 rings (SSSR count). The highest BCUT2D eigenvalue weighted by molar-refractivity contribution is 5.24. The smallest absolute Gasteiger partial charge is 0.0723 e. The summed E-state index contributed by atoms with van der Waals surface area (Å²) in [6.07, 6.45) is 2.87. The summed E-state index contributed by atoms with van der Waals surface area (Å²) >= 11 is 0. The van der Waals surface area contributed by atoms with Gasteiger partial charge in [0.2, 0.25) is 0 Å². The third-order valence-corrected chi connectivity index (χ3v) is 5.01. The Balaban J connectivity index is 1.99. The van der Waals surface area contributed by atoms with Gasteiger partial charge in [-0.2, -0.15) is 0 Å². The van der Waals surface area contributed by atoms with Gasteiger partial charge >= 0.3 is 0 Å². The molecule has 1 fully saturated rings. The molecule has 0 spiro atoms. The van der Waals surface area contributed by atoms with Gasteiger partial charge in [-0.3, -0.25) is 0 Å². The van der Waals surface area contributed by atoms with Gasteiger partial charge in [0.25, 0.3) is 0 Å². The van der Waals surface area contributed by atoms with Gasteiger partial charge < -0.3 is 9.84 Å². The lowest BCUT2D eigenvalue weighted by Crippen LogP contribution is -2.45. The maximum atomic E-state index is 10.7. The van der Waals surface area contributed by atoms with Gasteiger partial charge in [0.15, 0.2) is 0 Å². The maximum absolute atomic E-state index is 10.7. The molecule has 3 atom stereocenters. The van der Waals surface area contributed by atoms with Gasteiger partial charge in [-0.15, -0.1) is 0 Å². The number of benzene rings is 1. The van der Waals surface area contributed by atoms with Crippen LogP contribution in [-0.2, 0) is 11.3 Å². The molecule has 1 aromatic carbocycles. The Morgan fingerprint density at radius 1 is 1.35 bits per heavy atom. The van der Waals surface area contributed by atoms with Crippen molar-refractivity contribution in [3.05, 3.63) is 35.4 Å². The van der Waals surface area contributed by atoms with Crippen LogP contribution in [-0.4, -0.2) is 16.8 Å². The Morgan fingerprint density at radius 3 is 2.70 bits per heavy atom. The molecule has 1 aromatic rings. The van der Waals surface area contributed by atoms with Gasteiger partial charge in [-0.1, -0.05) is 45.0 Å². The van der Waals surface area contributed by atoms with Crippen LogP contribution in [0.25, 0.3) is 0 Å². The molecule has 20 heavy (non-hydrogen) atoms. The lowest BCUT2D eigenvalue weighted by atomic mass is 9.72. The fourth-order valence-electron chi connectivity index (χ4n) is 3.03. The van der Waals surface area contributed by atoms with Gasteiger partial charge in [-0.05, 0) is 42.7 Å². The predicted octanol–water partition coefficient (Wildman–Crippen LogP) is 4.09. The van der Waals surface area contributed by atoms with Crippen LogP contribution in [0.5, 0.6) is 0 Å². The Labute approximate surface area is 123 Å². The van der Waals surface area contributed by atoms with Crippen molar-refractivity contribution >= 4 is 0 Å². The van der Waals surface area contributed by atoms with E-state index in [1.54, 1.807) is 0 Å². The normalized spacial score (nSPS) is 30.7. The quantitative estimate of drug-likeness (QED) is 0.897. The molecule has 112 valence electrons. The van der Waals surface area contributed by atoms with Crippen LogP contribution in [0, 0.1) is 18.8 Å². The molecule has 0 aliphatic heterocycles. The number of aryl methyl sites for hydroxylation is 1. The van der Waals surface area contributed by atoms with Crippen molar-refractivity contribution in [2.75, 3.05) is 0 Å². The molecule has 0 heterocycles. The molecule has 2 unspecified atom stereocenters. The van der Waals surface area contributed by atoms with Gasteiger partial charge in [0.1, 0.15) is 0 Å². The molecule has 2 nitrogen and oxygen atoms in total. The summed E-state index contributed by atoms with van der Waals surface area (Å²) in [5, 5.41) is 10.7. The van der Waals surface area contributed by atoms with E-state index < -0.39 is 5.60 Å². The van der Waals surface area contributed by atoms with E-state index in [-0.39, 0.29) is 6.10 Å². The van der Waals surface area contributed by atoms with Crippen molar-refractivity contribution in [3.63, 3.8) is 0 Å². The number of ether oxygens (including phenoxy) is 1. The Morgan fingerprint density at radius 2 is 2.05 bits per heavy atom. The monoisotopic (exact) mass is 276 g/mol. The van der Waals surface area contributed by atoms with Crippen LogP contribution in [0.15, 0.2) is 24.3 Å². The number of rotatable bonds is 4. The van der Waals surface area contributed by atoms with E-state index in [0.29, 0.717) is 18.4 Å². The largest absolute Gasteiger partial charge is 0.390 e. The zero-order chi connectivity index (χ0) is 14.8. The molecular formula is C18H28O2. The van der Waals surface area contributed by atoms with Crippen molar-refractivity contribution in [1.82, 2.24) is 0 Å². The number of hydrogen-bond acceptors (Lipinski definition) is 2. The van der Waals surface area contributed by atoms with E-state index in [9.17, 15) is 5.11 Å². The summed E-state index contributed by atoms with van der Waals surface area (Å²) in [6.45, 7) is 9.22. The van der Waals surface area contributed by atoms with Gasteiger partial charge in [0, 0.05) is 6.42 Å². The summed E-state index contributed by atoms with van der Waals surface area (Å²) in [5.74, 6) is 0.817. The highest BCUT2D eigenvalue weighted by Crippen LogP contribution is 2.38. The number of aliphatic hydroxyl groups is 1. The minimum Gasteiger partial charge on any atom is -0.390 e. The predicted molar refractivity (Wildman–Crippen MR) is 82.6 cm³/mol. The lowest BCUT2D eigenvalue weighted by molar-refractivity contribution is -0.119. The maximum Gasteiger partial charge on any atom is 0.0723 e. The fourth-order valence-corrected chi connectivity index (χ4v) is 3.03. The molecule has 0 aromatic heterocycles. The molecule has 1 saturated carbocycles. The van der Waals surface area contributed by atoms with Crippen molar-refractivity contribution < 1.29 is 9.84 Å². The molecular weight excluding hydrogens is 248 g/mol. The molecule has 2 heteroatoms. The first-order valence-corrected chi connectivity index (χ1v) is 7.81. The zero-order valence-electron chi connectivity index (χ0n) is 13.2. The van der Waals surface area contributed by atoms with Crippen molar-refractivity contribution in [1.29, 1.82) is 0 Å². The van der Waals surface area contributed by atoms with Gasteiger partial charge in [0.05, 0.1) is 18.3 Å². The standard InChI is InChI=1S/C18H28O2/c1-13(2)18(19)10-9-15(4)17(11-18)20-12-16-8-6-5-7-14(16)3/h5-8,13,15,17,19H,9-12H2,1-4H3/t15-,17?,18?/m1/s1. The van der Waals surface area contributed by atoms with Crippen LogP contribution in [0.2, 0.25) is 0 Å². The third kappa shape index (κ3) is 3.42. The fraction of sp³-hybridized carbons (Fsp3) is 0.667. The second-order valence-corrected chi connectivity index (χ2v) is 6.75. The average Bonchev–Trinajstić information content (AvgIpc) is 2.41. The van der Waals surface area contributed by atoms with E-state index in [2.05, 4.69) is 52.0 Å². The van der Waals surface area contributed by atoms with Crippen LogP contribution < -0.4 is 0 Å². The van der Waals surface area contributed by atoms with Gasteiger partial charge in [-0.25, -0.2) is 0 Å². The molecule has 1 aliphatic carbocycles. The zero-order valence-corrected chi connectivity index (χ0v) is 13.2. The molecule has 1 aliphatic rings. The summed E-state index contributed by atoms with van der Waals surface area (Å²) < 4.78 is 6.15. The first-order valence-electron chi connectivity index (χ1n) is 7.81. The molecule has 1 N–H and O–H groups in total. The Bertz CT molecular complexity index is 441. The van der Waals surface area contributed by atoms with Crippen LogP contribution in [0.3, 0.4) is 0 Å². The summed E-state index contributed by atoms with van der Waals surface area (Å²) in [6, 6.07) is 8.35. The molecule has 0 saturated heterocycles. The minimum atomic E-state index is -0.553. The van der Waals surface area contributed by atoms with Crippen LogP contribution in [0.1, 0.15) is 51.2 Å². The SMILES string of the molecule is Cc1ccccc1COC1CC(O)(C(C)C)CC[C@H]1C. The van der Waals surface area contributed by atoms with Crippen molar-refractivity contribution in [2.24, 2.45) is 11.8 Å². The van der Waals surface area contributed by atoms with E-state index in [0.717, 1.165) is 19.3 Å². The summed E-state index contributed by atoms with van der Waals surface area (Å²) in [7, 11) is 0. The first kappa shape index (κ1) is 15.5. The summed E-state index contributed by atoms with van der Waals surface area (Å²) in [5.41, 5.74) is 1.97. The first-order chi connectivity index (χ1) is 9.42. The van der Waals surface area contributed by atoms with E-state index in [1.165, 1.54) is 11.1 Å². The van der Waals surface area contributed by atoms with E-state index in [1.807, 2.05) is 0 Å². The van der Waals surface area contributed by atoms with Crippen LogP contribution in [0.4, 0.5) is 0 Å². The highest BCUT2D eigenvalue weighted by Gasteiger charge is 2.40. The van der Waals surface area contributed by atoms with Crippen molar-refractivity contribution in [3.8, 4) is 0 Å². The highest BCUT2D eigenvalue weighted by atomic mass is 16.5. The summed E-state index contributed by atoms with van der Waals surface area (Å²) in [4.78, 5) is 0. The van der Waals surface area contributed by atoms with E-state index in [4.69, 9.17) is 4.74 Å². The number of hydrogen-bond donors (Lipinski definition) is 1.